The van der Waals surface area contributed by atoms with Gasteiger partial charge in [-0.1, -0.05) is 50.1 Å². The van der Waals surface area contributed by atoms with Crippen molar-refractivity contribution in [2.75, 3.05) is 13.7 Å². The number of hydrogen-bond donors (Lipinski definition) is 1. The first-order chi connectivity index (χ1) is 11.9. The Bertz CT molecular complexity index is 621. The minimum atomic E-state index is -0.760. The molecule has 0 bridgehead atoms. The first-order valence-electron chi connectivity index (χ1n) is 8.16. The molecule has 1 amide bonds. The Labute approximate surface area is 148 Å². The molecule has 1 aromatic carbocycles. The zero-order valence-corrected chi connectivity index (χ0v) is 15.1. The summed E-state index contributed by atoms with van der Waals surface area (Å²) in [6, 6.07) is 6.85. The summed E-state index contributed by atoms with van der Waals surface area (Å²) >= 11 is 0. The van der Waals surface area contributed by atoms with Gasteiger partial charge in [-0.05, 0) is 24.5 Å². The molecule has 6 heteroatoms. The number of rotatable bonds is 8. The van der Waals surface area contributed by atoms with Gasteiger partial charge in [0.25, 0.3) is 5.91 Å². The van der Waals surface area contributed by atoms with Crippen LogP contribution in [-0.4, -0.2) is 37.6 Å². The molecular weight excluding hydrogens is 322 g/mol. The van der Waals surface area contributed by atoms with Crippen molar-refractivity contribution >= 4 is 23.9 Å². The van der Waals surface area contributed by atoms with Crippen molar-refractivity contribution in [1.29, 1.82) is 0 Å². The van der Waals surface area contributed by atoms with Crippen LogP contribution in [0.1, 0.15) is 31.4 Å². The van der Waals surface area contributed by atoms with Crippen molar-refractivity contribution in [3.8, 4) is 0 Å². The van der Waals surface area contributed by atoms with Gasteiger partial charge in [0.1, 0.15) is 6.04 Å². The van der Waals surface area contributed by atoms with Crippen LogP contribution in [0.25, 0.3) is 6.08 Å². The molecule has 0 unspecified atom stereocenters. The highest BCUT2D eigenvalue weighted by Crippen LogP contribution is 2.09. The van der Waals surface area contributed by atoms with Crippen LogP contribution in [-0.2, 0) is 23.9 Å². The fourth-order valence-corrected chi connectivity index (χ4v) is 2.04. The van der Waals surface area contributed by atoms with E-state index in [1.165, 1.54) is 13.2 Å². The Balaban J connectivity index is 2.50. The van der Waals surface area contributed by atoms with E-state index in [-0.39, 0.29) is 5.92 Å². The van der Waals surface area contributed by atoms with E-state index in [1.807, 2.05) is 45.0 Å². The fourth-order valence-electron chi connectivity index (χ4n) is 2.04. The van der Waals surface area contributed by atoms with Crippen LogP contribution in [0.3, 0.4) is 0 Å². The highest BCUT2D eigenvalue weighted by atomic mass is 16.5. The van der Waals surface area contributed by atoms with E-state index < -0.39 is 30.5 Å². The van der Waals surface area contributed by atoms with E-state index in [2.05, 4.69) is 10.1 Å². The number of carbonyl (C=O) groups is 3. The maximum absolute atomic E-state index is 11.9. The van der Waals surface area contributed by atoms with Crippen molar-refractivity contribution in [2.24, 2.45) is 5.92 Å². The van der Waals surface area contributed by atoms with Gasteiger partial charge in [0.2, 0.25) is 0 Å². The lowest BCUT2D eigenvalue weighted by Gasteiger charge is -2.21. The summed E-state index contributed by atoms with van der Waals surface area (Å²) in [5, 5.41) is 2.54. The fraction of sp³-hybridized carbons (Fsp3) is 0.421. The van der Waals surface area contributed by atoms with E-state index in [0.29, 0.717) is 6.42 Å². The van der Waals surface area contributed by atoms with Crippen molar-refractivity contribution in [3.05, 3.63) is 41.5 Å². The number of amides is 1. The van der Waals surface area contributed by atoms with Crippen LogP contribution in [0.5, 0.6) is 0 Å². The number of carbonyl (C=O) groups excluding carboxylic acids is 3. The average Bonchev–Trinajstić information content (AvgIpc) is 2.62. The predicted molar refractivity (Wildman–Crippen MR) is 94.6 cm³/mol. The molecule has 0 saturated heterocycles. The molecule has 0 aliphatic heterocycles. The summed E-state index contributed by atoms with van der Waals surface area (Å²) < 4.78 is 9.57. The Morgan fingerprint density at radius 2 is 1.84 bits per heavy atom. The highest BCUT2D eigenvalue weighted by molar-refractivity contribution is 5.90. The van der Waals surface area contributed by atoms with Gasteiger partial charge < -0.3 is 14.8 Å². The third kappa shape index (κ3) is 7.20. The summed E-state index contributed by atoms with van der Waals surface area (Å²) in [5.41, 5.74) is 1.98. The normalized spacial score (nSPS) is 13.1. The lowest BCUT2D eigenvalue weighted by Crippen LogP contribution is -2.47. The minimum Gasteiger partial charge on any atom is -0.467 e. The lowest BCUT2D eigenvalue weighted by atomic mass is 9.99. The van der Waals surface area contributed by atoms with Crippen LogP contribution in [0.4, 0.5) is 0 Å². The van der Waals surface area contributed by atoms with Crippen LogP contribution >= 0.6 is 0 Å². The first-order valence-corrected chi connectivity index (χ1v) is 8.16. The molecule has 6 nitrogen and oxygen atoms in total. The smallest absolute Gasteiger partial charge is 0.331 e. The summed E-state index contributed by atoms with van der Waals surface area (Å²) in [7, 11) is 1.26. The van der Waals surface area contributed by atoms with E-state index in [0.717, 1.165) is 11.1 Å². The molecule has 0 radical (unpaired) electrons. The van der Waals surface area contributed by atoms with Gasteiger partial charge >= 0.3 is 11.9 Å². The molecule has 0 spiro atoms. The second-order valence-electron chi connectivity index (χ2n) is 5.81. The average molecular weight is 347 g/mol. The number of methoxy groups -OCH3 is 1. The molecule has 2 atom stereocenters. The first kappa shape index (κ1) is 20.4. The molecule has 25 heavy (non-hydrogen) atoms. The highest BCUT2D eigenvalue weighted by Gasteiger charge is 2.26. The number of ether oxygens (including phenoxy) is 2. The summed E-state index contributed by atoms with van der Waals surface area (Å²) in [6.07, 6.45) is 3.56. The van der Waals surface area contributed by atoms with E-state index in [1.54, 1.807) is 6.08 Å². The SMILES string of the molecule is CC[C@@H](C)[C@H](NC(=O)COC(=O)/C=C/c1ccc(C)cc1)C(=O)OC. The topological polar surface area (TPSA) is 81.7 Å². The second kappa shape index (κ2) is 10.3. The lowest BCUT2D eigenvalue weighted by molar-refractivity contribution is -0.148. The van der Waals surface area contributed by atoms with Crippen molar-refractivity contribution < 1.29 is 23.9 Å². The quantitative estimate of drug-likeness (QED) is 0.576. The number of esters is 2. The summed E-state index contributed by atoms with van der Waals surface area (Å²) in [6.45, 7) is 5.25. The largest absolute Gasteiger partial charge is 0.467 e. The van der Waals surface area contributed by atoms with Gasteiger partial charge in [0.05, 0.1) is 7.11 Å². The van der Waals surface area contributed by atoms with E-state index in [4.69, 9.17) is 4.74 Å². The molecule has 1 aromatic rings. The third-order valence-corrected chi connectivity index (χ3v) is 3.82. The van der Waals surface area contributed by atoms with Crippen LogP contribution in [0.15, 0.2) is 30.3 Å². The molecule has 0 heterocycles. The second-order valence-corrected chi connectivity index (χ2v) is 5.81. The van der Waals surface area contributed by atoms with E-state index in [9.17, 15) is 14.4 Å². The van der Waals surface area contributed by atoms with Crippen LogP contribution in [0, 0.1) is 12.8 Å². The number of hydrogen-bond acceptors (Lipinski definition) is 5. The Morgan fingerprint density at radius 3 is 2.40 bits per heavy atom. The van der Waals surface area contributed by atoms with E-state index >= 15 is 0 Å². The Morgan fingerprint density at radius 1 is 1.20 bits per heavy atom. The predicted octanol–water partition coefficient (Wildman–Crippen LogP) is 2.26. The van der Waals surface area contributed by atoms with Crippen molar-refractivity contribution in [3.63, 3.8) is 0 Å². The maximum Gasteiger partial charge on any atom is 0.331 e. The molecule has 0 fully saturated rings. The van der Waals surface area contributed by atoms with Crippen molar-refractivity contribution in [1.82, 2.24) is 5.32 Å². The molecule has 136 valence electrons. The Hall–Kier alpha value is -2.63. The monoisotopic (exact) mass is 347 g/mol. The molecule has 0 saturated carbocycles. The molecule has 1 N–H and O–H groups in total. The van der Waals surface area contributed by atoms with Crippen LogP contribution in [0.2, 0.25) is 0 Å². The van der Waals surface area contributed by atoms with Gasteiger partial charge in [-0.2, -0.15) is 0 Å². The maximum atomic E-state index is 11.9. The van der Waals surface area contributed by atoms with Gasteiger partial charge in [0, 0.05) is 6.08 Å². The number of benzene rings is 1. The van der Waals surface area contributed by atoms with Gasteiger partial charge in [-0.25, -0.2) is 9.59 Å². The molecular formula is C19H25NO5. The summed E-state index contributed by atoms with van der Waals surface area (Å²) in [5.74, 6) is -1.79. The standard InChI is InChI=1S/C19H25NO5/c1-5-14(3)18(19(23)24-4)20-16(21)12-25-17(22)11-10-15-8-6-13(2)7-9-15/h6-11,14,18H,5,12H2,1-4H3,(H,20,21)/b11-10+/t14-,18+/m1/s1. The molecule has 0 aliphatic carbocycles. The number of aryl methyl sites for hydroxylation is 1. The number of nitrogens with one attached hydrogen (secondary N) is 1. The molecule has 0 aliphatic rings. The van der Waals surface area contributed by atoms with Gasteiger partial charge in [0.15, 0.2) is 6.61 Å². The zero-order valence-electron chi connectivity index (χ0n) is 15.1. The molecule has 1 rings (SSSR count). The van der Waals surface area contributed by atoms with Gasteiger partial charge in [-0.15, -0.1) is 0 Å². The van der Waals surface area contributed by atoms with Crippen molar-refractivity contribution in [2.45, 2.75) is 33.2 Å². The van der Waals surface area contributed by atoms with Gasteiger partial charge in [-0.3, -0.25) is 4.79 Å². The Kier molecular flexibility index (Phi) is 8.39. The third-order valence-electron chi connectivity index (χ3n) is 3.82. The summed E-state index contributed by atoms with van der Waals surface area (Å²) in [4.78, 5) is 35.3. The zero-order chi connectivity index (χ0) is 18.8. The molecule has 0 aromatic heterocycles. The minimum absolute atomic E-state index is 0.0893. The van der Waals surface area contributed by atoms with Crippen LogP contribution < -0.4 is 5.32 Å².